The predicted octanol–water partition coefficient (Wildman–Crippen LogP) is 1.94. The van der Waals surface area contributed by atoms with E-state index in [1.807, 2.05) is 6.92 Å². The van der Waals surface area contributed by atoms with Crippen LogP contribution in [0.2, 0.25) is 0 Å². The number of fused-ring (bicyclic) bond motifs is 3. The Bertz CT molecular complexity index is 914. The van der Waals surface area contributed by atoms with Crippen molar-refractivity contribution in [2.75, 3.05) is 7.11 Å². The highest BCUT2D eigenvalue weighted by atomic mass is 16.7. The van der Waals surface area contributed by atoms with Crippen molar-refractivity contribution in [2.45, 2.75) is 70.6 Å². The van der Waals surface area contributed by atoms with E-state index in [9.17, 15) is 19.2 Å². The van der Waals surface area contributed by atoms with E-state index in [-0.39, 0.29) is 11.1 Å². The summed E-state index contributed by atoms with van der Waals surface area (Å²) < 4.78 is 27.6. The lowest BCUT2D eigenvalue weighted by atomic mass is 9.80. The highest BCUT2D eigenvalue weighted by Crippen LogP contribution is 2.50. The van der Waals surface area contributed by atoms with Gasteiger partial charge in [0, 0.05) is 18.1 Å². The number of esters is 4. The number of hydrogen-bond acceptors (Lipinski definition) is 9. The van der Waals surface area contributed by atoms with Gasteiger partial charge in [0.15, 0.2) is 12.2 Å². The van der Waals surface area contributed by atoms with E-state index in [0.29, 0.717) is 18.4 Å². The van der Waals surface area contributed by atoms with Gasteiger partial charge in [-0.2, -0.15) is 0 Å². The summed E-state index contributed by atoms with van der Waals surface area (Å²) in [4.78, 5) is 49.9. The van der Waals surface area contributed by atoms with E-state index < -0.39 is 59.8 Å². The van der Waals surface area contributed by atoms with Crippen LogP contribution in [0.4, 0.5) is 0 Å². The van der Waals surface area contributed by atoms with Gasteiger partial charge in [0.2, 0.25) is 0 Å². The first-order valence-electron chi connectivity index (χ1n) is 10.4. The van der Waals surface area contributed by atoms with Gasteiger partial charge in [-0.3, -0.25) is 4.79 Å². The standard InChI is InChI=1S/C23H28O9/c1-7-11(2)20(25)30-17-15-12(3)21(26)31-18(15)19-23(5,32-19)10-8-9-14(22(27)28-6)16(17)29-13(4)24/h7,9,15-19H,3,8,10H2,1-2,4-6H3/b11-7-,14-9+/t15-,16+,17+,18+,19+,23-/m1/s1. The molecule has 2 fully saturated rings. The van der Waals surface area contributed by atoms with Crippen LogP contribution in [0.5, 0.6) is 0 Å². The van der Waals surface area contributed by atoms with Crippen molar-refractivity contribution < 1.29 is 42.9 Å². The number of allylic oxidation sites excluding steroid dienone is 2. The Morgan fingerprint density at radius 2 is 1.94 bits per heavy atom. The van der Waals surface area contributed by atoms with Crippen molar-refractivity contribution in [3.8, 4) is 0 Å². The van der Waals surface area contributed by atoms with Crippen LogP contribution in [0.3, 0.4) is 0 Å². The lowest BCUT2D eigenvalue weighted by molar-refractivity contribution is -0.168. The van der Waals surface area contributed by atoms with Crippen LogP contribution in [0.15, 0.2) is 35.5 Å². The molecular formula is C23H28O9. The van der Waals surface area contributed by atoms with Crippen LogP contribution in [-0.4, -0.2) is 61.0 Å². The maximum Gasteiger partial charge on any atom is 0.337 e. The molecule has 0 spiro atoms. The summed E-state index contributed by atoms with van der Waals surface area (Å²) >= 11 is 0. The molecule has 0 radical (unpaired) electrons. The van der Waals surface area contributed by atoms with Crippen molar-refractivity contribution in [1.29, 1.82) is 0 Å². The Kier molecular flexibility index (Phi) is 6.59. The van der Waals surface area contributed by atoms with Crippen molar-refractivity contribution >= 4 is 23.9 Å². The Balaban J connectivity index is 2.17. The molecule has 9 heteroatoms. The highest BCUT2D eigenvalue weighted by Gasteiger charge is 2.64. The van der Waals surface area contributed by atoms with E-state index in [1.54, 1.807) is 26.0 Å². The molecule has 6 atom stereocenters. The molecule has 174 valence electrons. The van der Waals surface area contributed by atoms with Crippen LogP contribution < -0.4 is 0 Å². The monoisotopic (exact) mass is 448 g/mol. The molecular weight excluding hydrogens is 420 g/mol. The number of carbonyl (C=O) groups is 4. The average molecular weight is 448 g/mol. The largest absolute Gasteiger partial charge is 0.466 e. The Hall–Kier alpha value is -2.94. The maximum absolute atomic E-state index is 12.8. The first kappa shape index (κ1) is 23.7. The van der Waals surface area contributed by atoms with E-state index in [0.717, 1.165) is 0 Å². The molecule has 2 aliphatic heterocycles. The average Bonchev–Trinajstić information content (AvgIpc) is 3.33. The fraction of sp³-hybridized carbons (Fsp3) is 0.565. The van der Waals surface area contributed by atoms with E-state index in [2.05, 4.69) is 6.58 Å². The number of rotatable bonds is 4. The van der Waals surface area contributed by atoms with Crippen molar-refractivity contribution in [3.05, 3.63) is 35.5 Å². The molecule has 0 amide bonds. The third kappa shape index (κ3) is 4.34. The molecule has 0 N–H and O–H groups in total. The van der Waals surface area contributed by atoms with Gasteiger partial charge in [0.25, 0.3) is 0 Å². The lowest BCUT2D eigenvalue weighted by Crippen LogP contribution is -2.48. The molecule has 0 aromatic heterocycles. The second-order valence-corrected chi connectivity index (χ2v) is 8.33. The minimum absolute atomic E-state index is 0.00669. The predicted molar refractivity (Wildman–Crippen MR) is 110 cm³/mol. The number of carbonyl (C=O) groups excluding carboxylic acids is 4. The molecule has 32 heavy (non-hydrogen) atoms. The van der Waals surface area contributed by atoms with Crippen molar-refractivity contribution in [1.82, 2.24) is 0 Å². The molecule has 0 bridgehead atoms. The van der Waals surface area contributed by atoms with Gasteiger partial charge < -0.3 is 23.7 Å². The summed E-state index contributed by atoms with van der Waals surface area (Å²) in [7, 11) is 1.20. The van der Waals surface area contributed by atoms with Crippen LogP contribution in [0, 0.1) is 5.92 Å². The highest BCUT2D eigenvalue weighted by molar-refractivity contribution is 5.93. The normalized spacial score (nSPS) is 36.0. The summed E-state index contributed by atoms with van der Waals surface area (Å²) in [6.45, 7) is 10.1. The summed E-state index contributed by atoms with van der Waals surface area (Å²) in [5, 5.41) is 0. The Labute approximate surface area is 186 Å². The first-order valence-corrected chi connectivity index (χ1v) is 10.4. The quantitative estimate of drug-likeness (QED) is 0.275. The smallest absolute Gasteiger partial charge is 0.337 e. The van der Waals surface area contributed by atoms with Crippen LogP contribution in [-0.2, 0) is 42.9 Å². The SMILES string of the molecule is C=C1C(=O)O[C@H]2[C@H]1[C@H](OC(=O)/C(C)=C\C)[C@@H](OC(C)=O)/C(C(=O)OC)=C\CC[C@@]1(C)O[C@@H]21. The number of ether oxygens (including phenoxy) is 5. The molecule has 2 heterocycles. The molecule has 2 saturated heterocycles. The third-order valence-electron chi connectivity index (χ3n) is 6.18. The second-order valence-electron chi connectivity index (χ2n) is 8.33. The van der Waals surface area contributed by atoms with Gasteiger partial charge in [-0.1, -0.05) is 18.7 Å². The molecule has 1 aliphatic carbocycles. The van der Waals surface area contributed by atoms with Crippen molar-refractivity contribution in [3.63, 3.8) is 0 Å². The van der Waals surface area contributed by atoms with Gasteiger partial charge >= 0.3 is 23.9 Å². The van der Waals surface area contributed by atoms with Crippen LogP contribution in [0.1, 0.15) is 40.5 Å². The van der Waals surface area contributed by atoms with Crippen molar-refractivity contribution in [2.24, 2.45) is 5.92 Å². The maximum atomic E-state index is 12.8. The number of hydrogen-bond donors (Lipinski definition) is 0. The lowest BCUT2D eigenvalue weighted by Gasteiger charge is -2.33. The van der Waals surface area contributed by atoms with Gasteiger partial charge in [0.05, 0.1) is 24.2 Å². The fourth-order valence-corrected chi connectivity index (χ4v) is 4.21. The number of methoxy groups -OCH3 is 1. The molecule has 0 saturated carbocycles. The molecule has 3 aliphatic rings. The van der Waals surface area contributed by atoms with Gasteiger partial charge in [-0.15, -0.1) is 0 Å². The summed E-state index contributed by atoms with van der Waals surface area (Å²) in [6, 6.07) is 0. The van der Waals surface area contributed by atoms with Gasteiger partial charge in [-0.25, -0.2) is 14.4 Å². The van der Waals surface area contributed by atoms with Crippen LogP contribution >= 0.6 is 0 Å². The zero-order chi connectivity index (χ0) is 23.8. The molecule has 0 aromatic carbocycles. The topological polar surface area (TPSA) is 118 Å². The fourth-order valence-electron chi connectivity index (χ4n) is 4.21. The van der Waals surface area contributed by atoms with Crippen LogP contribution in [0.25, 0.3) is 0 Å². The van der Waals surface area contributed by atoms with Gasteiger partial charge in [0.1, 0.15) is 12.2 Å². The summed E-state index contributed by atoms with van der Waals surface area (Å²) in [6.07, 6.45) is 0.190. The zero-order valence-corrected chi connectivity index (χ0v) is 18.8. The minimum atomic E-state index is -1.34. The Morgan fingerprint density at radius 3 is 2.53 bits per heavy atom. The van der Waals surface area contributed by atoms with E-state index in [4.69, 9.17) is 23.7 Å². The Morgan fingerprint density at radius 1 is 1.25 bits per heavy atom. The zero-order valence-electron chi connectivity index (χ0n) is 18.8. The summed E-state index contributed by atoms with van der Waals surface area (Å²) in [5.74, 6) is -3.71. The molecule has 0 aromatic rings. The first-order chi connectivity index (χ1) is 15.0. The third-order valence-corrected chi connectivity index (χ3v) is 6.18. The minimum Gasteiger partial charge on any atom is -0.466 e. The number of epoxide rings is 1. The summed E-state index contributed by atoms with van der Waals surface area (Å²) in [5.41, 5.74) is -0.238. The van der Waals surface area contributed by atoms with Gasteiger partial charge in [-0.05, 0) is 33.6 Å². The molecule has 9 nitrogen and oxygen atoms in total. The molecule has 0 unspecified atom stereocenters. The van der Waals surface area contributed by atoms with E-state index >= 15 is 0 Å². The molecule has 3 rings (SSSR count). The second kappa shape index (κ2) is 8.90. The van der Waals surface area contributed by atoms with E-state index in [1.165, 1.54) is 14.0 Å².